The van der Waals surface area contributed by atoms with Crippen molar-refractivity contribution in [2.45, 2.75) is 64.2 Å². The second-order valence-electron chi connectivity index (χ2n) is 13.7. The Hall–Kier alpha value is -4.12. The lowest BCUT2D eigenvalue weighted by Crippen LogP contribution is -2.60. The fraction of sp³-hybridized carbons (Fsp3) is 0.421. The molecule has 1 aliphatic carbocycles. The van der Waals surface area contributed by atoms with Crippen molar-refractivity contribution in [3.8, 4) is 11.5 Å². The van der Waals surface area contributed by atoms with Gasteiger partial charge in [0, 0.05) is 35.6 Å². The third kappa shape index (κ3) is 6.61. The van der Waals surface area contributed by atoms with Crippen LogP contribution < -0.4 is 14.8 Å². The second kappa shape index (κ2) is 13.3. The maximum Gasteiger partial charge on any atom is 0.416 e. The first-order chi connectivity index (χ1) is 23.3. The number of ether oxygens (including phenoxy) is 2. The van der Waals surface area contributed by atoms with Gasteiger partial charge in [-0.3, -0.25) is 9.59 Å². The molecule has 2 aliphatic rings. The molecule has 2 amide bonds. The van der Waals surface area contributed by atoms with Crippen LogP contribution in [0.25, 0.3) is 10.9 Å². The number of alkyl halides is 3. The van der Waals surface area contributed by atoms with E-state index in [2.05, 4.69) is 43.2 Å². The number of carbonyl (C=O) groups excluding carboxylic acids is 2. The third-order valence-electron chi connectivity index (χ3n) is 10.5. The zero-order valence-electron chi connectivity index (χ0n) is 28.4. The molecular formula is C38H42F3N3O4S. The lowest BCUT2D eigenvalue weighted by atomic mass is 9.87. The molecule has 1 aromatic heterocycles. The van der Waals surface area contributed by atoms with E-state index in [0.717, 1.165) is 28.7 Å². The number of para-hydroxylation sites is 1. The van der Waals surface area contributed by atoms with Gasteiger partial charge in [-0.25, -0.2) is 0 Å². The molecule has 0 spiro atoms. The Morgan fingerprint density at radius 1 is 1.00 bits per heavy atom. The topological polar surface area (TPSA) is 83.7 Å². The number of rotatable bonds is 10. The molecule has 2 N–H and O–H groups in total. The smallest absolute Gasteiger partial charge is 0.416 e. The fourth-order valence-electron chi connectivity index (χ4n) is 7.62. The van der Waals surface area contributed by atoms with E-state index in [1.54, 1.807) is 34.9 Å². The Morgan fingerprint density at radius 2 is 1.69 bits per heavy atom. The number of carbonyl (C=O) groups is 2. The largest absolute Gasteiger partial charge is 0.497 e. The van der Waals surface area contributed by atoms with Gasteiger partial charge in [-0.2, -0.15) is 24.9 Å². The SMILES string of the molecule is COc1ccc(NC(=O)C2(N(Cc3ccc(C(F)(F)F)cc3)C(=O)C[C@H]3[C@@H](c4c(C)[nH]c5ccccc45)C3(C)C)CCSCC2)c(OC)c1. The zero-order chi connectivity index (χ0) is 35.1. The second-order valence-corrected chi connectivity index (χ2v) is 14.9. The summed E-state index contributed by atoms with van der Waals surface area (Å²) < 4.78 is 51.2. The monoisotopic (exact) mass is 693 g/mol. The molecule has 3 aromatic carbocycles. The molecule has 6 rings (SSSR count). The van der Waals surface area contributed by atoms with Gasteiger partial charge in [0.25, 0.3) is 5.91 Å². The minimum absolute atomic E-state index is 0.00126. The number of H-pyrrole nitrogens is 1. The van der Waals surface area contributed by atoms with Gasteiger partial charge in [-0.15, -0.1) is 0 Å². The summed E-state index contributed by atoms with van der Waals surface area (Å²) in [6.45, 7) is 6.41. The van der Waals surface area contributed by atoms with E-state index in [1.807, 2.05) is 12.1 Å². The molecule has 1 saturated carbocycles. The molecule has 2 fully saturated rings. The van der Waals surface area contributed by atoms with Gasteiger partial charge >= 0.3 is 6.18 Å². The van der Waals surface area contributed by atoms with Gasteiger partial charge in [0.1, 0.15) is 17.0 Å². The molecule has 4 aromatic rings. The van der Waals surface area contributed by atoms with E-state index in [-0.39, 0.29) is 42.0 Å². The molecule has 260 valence electrons. The zero-order valence-corrected chi connectivity index (χ0v) is 29.2. The van der Waals surface area contributed by atoms with Gasteiger partial charge in [0.2, 0.25) is 5.91 Å². The van der Waals surface area contributed by atoms with Crippen molar-refractivity contribution in [3.63, 3.8) is 0 Å². The van der Waals surface area contributed by atoms with Crippen LogP contribution in [-0.2, 0) is 22.3 Å². The van der Waals surface area contributed by atoms with Crippen molar-refractivity contribution in [2.75, 3.05) is 31.0 Å². The van der Waals surface area contributed by atoms with Gasteiger partial charge in [-0.1, -0.05) is 44.2 Å². The molecule has 0 bridgehead atoms. The molecule has 49 heavy (non-hydrogen) atoms. The number of aromatic amines is 1. The van der Waals surface area contributed by atoms with Gasteiger partial charge < -0.3 is 24.7 Å². The van der Waals surface area contributed by atoms with Crippen LogP contribution in [-0.4, -0.2) is 53.0 Å². The summed E-state index contributed by atoms with van der Waals surface area (Å²) in [6, 6.07) is 18.1. The number of fused-ring (bicyclic) bond motifs is 1. The highest BCUT2D eigenvalue weighted by Crippen LogP contribution is 2.67. The van der Waals surface area contributed by atoms with Crippen molar-refractivity contribution < 1.29 is 32.2 Å². The minimum Gasteiger partial charge on any atom is -0.497 e. The van der Waals surface area contributed by atoms with E-state index in [0.29, 0.717) is 47.1 Å². The van der Waals surface area contributed by atoms with E-state index in [9.17, 15) is 22.8 Å². The summed E-state index contributed by atoms with van der Waals surface area (Å²) in [5, 5.41) is 4.18. The van der Waals surface area contributed by atoms with E-state index < -0.39 is 17.3 Å². The first-order valence-electron chi connectivity index (χ1n) is 16.4. The quantitative estimate of drug-likeness (QED) is 0.174. The highest BCUT2D eigenvalue weighted by molar-refractivity contribution is 7.99. The van der Waals surface area contributed by atoms with Crippen molar-refractivity contribution >= 4 is 40.2 Å². The predicted molar refractivity (Wildman–Crippen MR) is 187 cm³/mol. The summed E-state index contributed by atoms with van der Waals surface area (Å²) in [4.78, 5) is 34.4. The number of halogens is 3. The predicted octanol–water partition coefficient (Wildman–Crippen LogP) is 8.58. The molecule has 0 unspecified atom stereocenters. The first-order valence-corrected chi connectivity index (χ1v) is 17.6. The number of anilines is 1. The van der Waals surface area contributed by atoms with E-state index in [1.165, 1.54) is 31.9 Å². The summed E-state index contributed by atoms with van der Waals surface area (Å²) >= 11 is 1.71. The average molecular weight is 694 g/mol. The standard InChI is InChI=1S/C38H42F3N3O4S/c1-23-33(27-8-6-7-9-29(27)42-23)34-28(36(34,2)3)21-32(45)44(22-24-10-12-25(13-11-24)38(39,40)41)37(16-18-49-19-17-37)35(46)43-30-15-14-26(47-4)20-31(30)48-5/h6-15,20,28,34,42H,16-19,21-22H2,1-5H3,(H,43,46)/t28-,34-/m0/s1. The van der Waals surface area contributed by atoms with Crippen LogP contribution in [0.5, 0.6) is 11.5 Å². The van der Waals surface area contributed by atoms with Crippen molar-refractivity contribution in [1.82, 2.24) is 9.88 Å². The number of nitrogens with one attached hydrogen (secondary N) is 2. The highest BCUT2D eigenvalue weighted by atomic mass is 32.2. The van der Waals surface area contributed by atoms with E-state index in [4.69, 9.17) is 9.47 Å². The lowest BCUT2D eigenvalue weighted by molar-refractivity contribution is -0.147. The van der Waals surface area contributed by atoms with Crippen LogP contribution in [0.2, 0.25) is 0 Å². The molecular weight excluding hydrogens is 651 g/mol. The third-order valence-corrected chi connectivity index (χ3v) is 11.5. The molecule has 1 aliphatic heterocycles. The number of aromatic nitrogens is 1. The Bertz CT molecular complexity index is 1850. The maximum atomic E-state index is 14.8. The Balaban J connectivity index is 1.36. The number of amides is 2. The van der Waals surface area contributed by atoms with Crippen LogP contribution in [0.1, 0.15) is 61.4 Å². The lowest BCUT2D eigenvalue weighted by Gasteiger charge is -2.45. The van der Waals surface area contributed by atoms with Crippen LogP contribution >= 0.6 is 11.8 Å². The minimum atomic E-state index is -4.49. The van der Waals surface area contributed by atoms with Crippen molar-refractivity contribution in [1.29, 1.82) is 0 Å². The van der Waals surface area contributed by atoms with Gasteiger partial charge in [0.05, 0.1) is 25.5 Å². The molecule has 11 heteroatoms. The Kier molecular flexibility index (Phi) is 9.43. The van der Waals surface area contributed by atoms with Crippen LogP contribution in [0.15, 0.2) is 66.7 Å². The fourth-order valence-corrected chi connectivity index (χ4v) is 8.79. The van der Waals surface area contributed by atoms with Crippen LogP contribution in [0.3, 0.4) is 0 Å². The molecule has 2 atom stereocenters. The Morgan fingerprint density at radius 3 is 2.35 bits per heavy atom. The molecule has 1 saturated heterocycles. The van der Waals surface area contributed by atoms with Crippen molar-refractivity contribution in [2.24, 2.45) is 11.3 Å². The Labute approximate surface area is 288 Å². The molecule has 0 radical (unpaired) electrons. The summed E-state index contributed by atoms with van der Waals surface area (Å²) in [7, 11) is 3.04. The molecule has 7 nitrogen and oxygen atoms in total. The number of hydrogen-bond donors (Lipinski definition) is 2. The number of aryl methyl sites for hydroxylation is 1. The van der Waals surface area contributed by atoms with Crippen LogP contribution in [0.4, 0.5) is 18.9 Å². The normalized spacial score (nSPS) is 19.7. The number of thioether (sulfide) groups is 1. The highest BCUT2D eigenvalue weighted by Gasteiger charge is 2.60. The maximum absolute atomic E-state index is 14.8. The summed E-state index contributed by atoms with van der Waals surface area (Å²) in [5.74, 6) is 1.85. The first kappa shape index (κ1) is 34.7. The van der Waals surface area contributed by atoms with Crippen LogP contribution in [0, 0.1) is 18.3 Å². The van der Waals surface area contributed by atoms with E-state index >= 15 is 0 Å². The molecule has 2 heterocycles. The van der Waals surface area contributed by atoms with Gasteiger partial charge in [0.15, 0.2) is 0 Å². The number of benzene rings is 3. The summed E-state index contributed by atoms with van der Waals surface area (Å²) in [5.41, 5.74) is 2.11. The van der Waals surface area contributed by atoms with Crippen molar-refractivity contribution in [3.05, 3.63) is 89.1 Å². The number of methoxy groups -OCH3 is 2. The average Bonchev–Trinajstić information content (AvgIpc) is 3.43. The summed E-state index contributed by atoms with van der Waals surface area (Å²) in [6.07, 6.45) is -3.49. The number of nitrogens with zero attached hydrogens (tertiary/aromatic N) is 1. The number of hydrogen-bond acceptors (Lipinski definition) is 5. The van der Waals surface area contributed by atoms with Gasteiger partial charge in [-0.05, 0) is 90.0 Å².